The lowest BCUT2D eigenvalue weighted by Gasteiger charge is -2.23. The number of methoxy groups -OCH3 is 1. The molecule has 0 radical (unpaired) electrons. The number of hydrogen-bond acceptors (Lipinski definition) is 5. The van der Waals surface area contributed by atoms with Crippen LogP contribution in [-0.4, -0.2) is 59.9 Å². The van der Waals surface area contributed by atoms with Gasteiger partial charge in [0, 0.05) is 23.7 Å². The second-order valence-electron chi connectivity index (χ2n) is 6.44. The molecule has 1 aliphatic heterocycles. The molecule has 7 nitrogen and oxygen atoms in total. The molecule has 0 saturated carbocycles. The molecule has 8 heteroatoms. The van der Waals surface area contributed by atoms with Gasteiger partial charge in [0.05, 0.1) is 13.8 Å². The predicted octanol–water partition coefficient (Wildman–Crippen LogP) is 2.18. The lowest BCUT2D eigenvalue weighted by Crippen LogP contribution is -2.41. The van der Waals surface area contributed by atoms with E-state index in [0.29, 0.717) is 17.3 Å². The summed E-state index contributed by atoms with van der Waals surface area (Å²) in [6, 6.07) is 4.67. The van der Waals surface area contributed by atoms with Gasteiger partial charge in [-0.1, -0.05) is 25.4 Å². The third-order valence-electron chi connectivity index (χ3n) is 3.75. The summed E-state index contributed by atoms with van der Waals surface area (Å²) < 4.78 is 5.30. The number of amides is 4. The van der Waals surface area contributed by atoms with E-state index >= 15 is 0 Å². The van der Waals surface area contributed by atoms with E-state index < -0.39 is 17.8 Å². The molecule has 1 aliphatic rings. The van der Waals surface area contributed by atoms with Crippen molar-refractivity contribution in [3.05, 3.63) is 28.8 Å². The summed E-state index contributed by atoms with van der Waals surface area (Å²) >= 11 is 6.02. The molecule has 1 aromatic carbocycles. The maximum absolute atomic E-state index is 12.4. The second-order valence-corrected chi connectivity index (χ2v) is 6.87. The summed E-state index contributed by atoms with van der Waals surface area (Å²) in [6.07, 6.45) is 0. The van der Waals surface area contributed by atoms with Crippen LogP contribution in [0.15, 0.2) is 18.2 Å². The number of benzene rings is 1. The van der Waals surface area contributed by atoms with Gasteiger partial charge in [0.1, 0.15) is 5.75 Å². The van der Waals surface area contributed by atoms with Gasteiger partial charge < -0.3 is 4.74 Å². The van der Waals surface area contributed by atoms with E-state index in [-0.39, 0.29) is 19.1 Å². The molecule has 0 spiro atoms. The molecule has 0 bridgehead atoms. The number of carbonyl (C=O) groups is 3. The maximum atomic E-state index is 12.4. The van der Waals surface area contributed by atoms with E-state index in [1.54, 1.807) is 37.3 Å². The molecule has 0 aromatic heterocycles. The number of nitrogens with zero attached hydrogens (tertiary/aromatic N) is 3. The van der Waals surface area contributed by atoms with Gasteiger partial charge in [-0.15, -0.1) is 0 Å². The fraction of sp³-hybridized carbons (Fsp3) is 0.471. The first-order valence-corrected chi connectivity index (χ1v) is 8.30. The molecule has 4 amide bonds. The van der Waals surface area contributed by atoms with Crippen molar-refractivity contribution < 1.29 is 19.1 Å². The Hall–Kier alpha value is -2.12. The van der Waals surface area contributed by atoms with Gasteiger partial charge in [0.2, 0.25) is 0 Å². The Kier molecular flexibility index (Phi) is 6.02. The van der Waals surface area contributed by atoms with Gasteiger partial charge in [-0.2, -0.15) is 0 Å². The number of hydrogen-bond donors (Lipinski definition) is 0. The predicted molar refractivity (Wildman–Crippen MR) is 93.1 cm³/mol. The highest BCUT2D eigenvalue weighted by Crippen LogP contribution is 2.24. The van der Waals surface area contributed by atoms with Crippen LogP contribution in [0.2, 0.25) is 5.02 Å². The normalized spacial score (nSPS) is 15.1. The summed E-state index contributed by atoms with van der Waals surface area (Å²) in [6.45, 7) is 4.40. The van der Waals surface area contributed by atoms with Crippen LogP contribution in [0.25, 0.3) is 0 Å². The molecule has 1 heterocycles. The first kappa shape index (κ1) is 19.2. The smallest absolute Gasteiger partial charge is 0.335 e. The Labute approximate surface area is 152 Å². The van der Waals surface area contributed by atoms with Crippen molar-refractivity contribution >= 4 is 29.4 Å². The van der Waals surface area contributed by atoms with E-state index in [9.17, 15) is 14.4 Å². The number of ether oxygens (including phenoxy) is 1. The van der Waals surface area contributed by atoms with Gasteiger partial charge in [0.25, 0.3) is 0 Å². The zero-order valence-electron chi connectivity index (χ0n) is 14.8. The van der Waals surface area contributed by atoms with E-state index in [4.69, 9.17) is 16.3 Å². The number of urea groups is 1. The van der Waals surface area contributed by atoms with E-state index in [2.05, 4.69) is 0 Å². The van der Waals surface area contributed by atoms with Crippen LogP contribution in [-0.2, 0) is 16.1 Å². The van der Waals surface area contributed by atoms with Crippen molar-refractivity contribution in [3.8, 4) is 5.75 Å². The van der Waals surface area contributed by atoms with Crippen LogP contribution in [0, 0.1) is 5.92 Å². The Bertz CT molecular complexity index is 692. The lowest BCUT2D eigenvalue weighted by molar-refractivity contribution is -0.144. The highest BCUT2D eigenvalue weighted by atomic mass is 35.5. The highest BCUT2D eigenvalue weighted by Gasteiger charge is 2.44. The third-order valence-corrected chi connectivity index (χ3v) is 3.98. The van der Waals surface area contributed by atoms with Gasteiger partial charge in [-0.05, 0) is 31.2 Å². The average Bonchev–Trinajstić information content (AvgIpc) is 2.72. The summed E-state index contributed by atoms with van der Waals surface area (Å²) in [5.41, 5.74) is 0.821. The average molecular weight is 368 g/mol. The SMILES string of the molecule is COc1ccc(Cl)cc1CN(C)CN1C(=O)C(=O)N(CC(C)C)C1=O. The molecule has 0 N–H and O–H groups in total. The zero-order valence-corrected chi connectivity index (χ0v) is 15.5. The zero-order chi connectivity index (χ0) is 18.7. The third kappa shape index (κ3) is 4.29. The molecule has 0 unspecified atom stereocenters. The van der Waals surface area contributed by atoms with E-state index in [1.807, 2.05) is 13.8 Å². The summed E-state index contributed by atoms with van der Waals surface area (Å²) in [5.74, 6) is -0.815. The Morgan fingerprint density at radius 3 is 2.40 bits per heavy atom. The molecule has 1 aromatic rings. The van der Waals surface area contributed by atoms with Crippen LogP contribution >= 0.6 is 11.6 Å². The van der Waals surface area contributed by atoms with E-state index in [0.717, 1.165) is 15.4 Å². The monoisotopic (exact) mass is 367 g/mol. The standard InChI is InChI=1S/C17H22ClN3O4/c1-11(2)8-20-15(22)16(23)21(17(20)24)10-19(3)9-12-7-13(18)5-6-14(12)25-4/h5-7,11H,8-10H2,1-4H3. The van der Waals surface area contributed by atoms with Crippen LogP contribution in [0.3, 0.4) is 0 Å². The largest absolute Gasteiger partial charge is 0.496 e. The quantitative estimate of drug-likeness (QED) is 0.545. The molecule has 25 heavy (non-hydrogen) atoms. The number of carbonyl (C=O) groups excluding carboxylic acids is 3. The number of imide groups is 2. The fourth-order valence-corrected chi connectivity index (χ4v) is 2.85. The van der Waals surface area contributed by atoms with Gasteiger partial charge in [0.15, 0.2) is 0 Å². The van der Waals surface area contributed by atoms with Crippen LogP contribution in [0.5, 0.6) is 5.75 Å². The molecule has 2 rings (SSSR count). The lowest BCUT2D eigenvalue weighted by atomic mass is 10.2. The van der Waals surface area contributed by atoms with Crippen molar-refractivity contribution in [3.63, 3.8) is 0 Å². The van der Waals surface area contributed by atoms with Crippen LogP contribution < -0.4 is 4.74 Å². The van der Waals surface area contributed by atoms with Gasteiger partial charge >= 0.3 is 17.8 Å². The topological polar surface area (TPSA) is 70.2 Å². The van der Waals surface area contributed by atoms with Crippen molar-refractivity contribution in [1.29, 1.82) is 0 Å². The molecule has 136 valence electrons. The Morgan fingerprint density at radius 1 is 1.16 bits per heavy atom. The minimum Gasteiger partial charge on any atom is -0.496 e. The summed E-state index contributed by atoms with van der Waals surface area (Å²) in [7, 11) is 3.30. The Morgan fingerprint density at radius 2 is 1.80 bits per heavy atom. The minimum absolute atomic E-state index is 0.00761. The van der Waals surface area contributed by atoms with Gasteiger partial charge in [-0.3, -0.25) is 19.4 Å². The molecule has 1 saturated heterocycles. The fourth-order valence-electron chi connectivity index (χ4n) is 2.65. The van der Waals surface area contributed by atoms with Crippen molar-refractivity contribution in [2.24, 2.45) is 5.92 Å². The first-order valence-electron chi connectivity index (χ1n) is 7.92. The number of rotatable bonds is 7. The minimum atomic E-state index is -0.796. The first-order chi connectivity index (χ1) is 11.7. The maximum Gasteiger partial charge on any atom is 0.335 e. The molecule has 0 aliphatic carbocycles. The van der Waals surface area contributed by atoms with Gasteiger partial charge in [-0.25, -0.2) is 9.69 Å². The molecular formula is C17H22ClN3O4. The number of halogens is 1. The second kappa shape index (κ2) is 7.84. The van der Waals surface area contributed by atoms with Crippen molar-refractivity contribution in [2.45, 2.75) is 20.4 Å². The summed E-state index contributed by atoms with van der Waals surface area (Å²) in [5, 5.41) is 0.566. The molecule has 0 atom stereocenters. The van der Waals surface area contributed by atoms with Crippen molar-refractivity contribution in [2.75, 3.05) is 27.4 Å². The summed E-state index contributed by atoms with van der Waals surface area (Å²) in [4.78, 5) is 40.2. The molecular weight excluding hydrogens is 346 g/mol. The molecule has 1 fully saturated rings. The Balaban J connectivity index is 2.09. The van der Waals surface area contributed by atoms with Crippen molar-refractivity contribution in [1.82, 2.24) is 14.7 Å². The highest BCUT2D eigenvalue weighted by molar-refractivity contribution is 6.44. The van der Waals surface area contributed by atoms with Crippen LogP contribution in [0.1, 0.15) is 19.4 Å². The van der Waals surface area contributed by atoms with Crippen LogP contribution in [0.4, 0.5) is 4.79 Å². The van der Waals surface area contributed by atoms with E-state index in [1.165, 1.54) is 0 Å².